The van der Waals surface area contributed by atoms with Crippen LogP contribution in [0.25, 0.3) is 0 Å². The molecule has 0 saturated carbocycles. The largest absolute Gasteiger partial charge is 0.494 e. The molecule has 0 aliphatic rings. The summed E-state index contributed by atoms with van der Waals surface area (Å²) in [5.41, 5.74) is 3.12. The van der Waals surface area contributed by atoms with Crippen LogP contribution in [0.1, 0.15) is 42.6 Å². The lowest BCUT2D eigenvalue weighted by molar-refractivity contribution is -0.115. The topological polar surface area (TPSA) is 67.4 Å². The maximum absolute atomic E-state index is 12.6. The quantitative estimate of drug-likeness (QED) is 0.265. The number of carbonyl (C=O) groups excluding carboxylic acids is 2. The molecule has 2 amide bonds. The molecule has 172 valence electrons. The molecule has 3 rings (SSSR count). The Morgan fingerprint density at radius 3 is 2.27 bits per heavy atom. The Labute approximate surface area is 199 Å². The lowest BCUT2D eigenvalue weighted by atomic mass is 10.1. The van der Waals surface area contributed by atoms with Gasteiger partial charge >= 0.3 is 0 Å². The van der Waals surface area contributed by atoms with Crippen LogP contribution in [0, 0.1) is 6.92 Å². The number of unbranched alkanes of at least 4 members (excludes halogenated alkanes) is 1. The van der Waals surface area contributed by atoms with Crippen molar-refractivity contribution >= 4 is 35.0 Å². The molecule has 0 aliphatic carbocycles. The molecule has 0 aliphatic heterocycles. The molecule has 3 aromatic rings. The number of rotatable bonds is 10. The van der Waals surface area contributed by atoms with E-state index in [1.54, 1.807) is 6.07 Å². The highest BCUT2D eigenvalue weighted by molar-refractivity contribution is 8.00. The molecule has 0 aromatic heterocycles. The summed E-state index contributed by atoms with van der Waals surface area (Å²) in [6, 6.07) is 22.4. The molecule has 5 nitrogen and oxygen atoms in total. The smallest absolute Gasteiger partial charge is 0.255 e. The van der Waals surface area contributed by atoms with E-state index in [0.717, 1.165) is 34.7 Å². The van der Waals surface area contributed by atoms with E-state index in [1.807, 2.05) is 80.6 Å². The highest BCUT2D eigenvalue weighted by atomic mass is 32.2. The number of aryl methyl sites for hydroxylation is 1. The minimum absolute atomic E-state index is 0.0727. The fourth-order valence-electron chi connectivity index (χ4n) is 3.08. The Kier molecular flexibility index (Phi) is 8.95. The Morgan fingerprint density at radius 1 is 0.939 bits per heavy atom. The number of thioether (sulfide) groups is 1. The Morgan fingerprint density at radius 2 is 1.61 bits per heavy atom. The van der Waals surface area contributed by atoms with Gasteiger partial charge in [-0.25, -0.2) is 0 Å². The lowest BCUT2D eigenvalue weighted by Gasteiger charge is -2.13. The molecule has 0 fully saturated rings. The van der Waals surface area contributed by atoms with Gasteiger partial charge in [0.15, 0.2) is 0 Å². The number of amides is 2. The van der Waals surface area contributed by atoms with Crippen LogP contribution < -0.4 is 15.4 Å². The maximum Gasteiger partial charge on any atom is 0.255 e. The van der Waals surface area contributed by atoms with Gasteiger partial charge in [0.1, 0.15) is 5.75 Å². The van der Waals surface area contributed by atoms with Crippen molar-refractivity contribution in [2.45, 2.75) is 43.8 Å². The summed E-state index contributed by atoms with van der Waals surface area (Å²) in [4.78, 5) is 25.9. The summed E-state index contributed by atoms with van der Waals surface area (Å²) in [6.45, 7) is 6.65. The summed E-state index contributed by atoms with van der Waals surface area (Å²) >= 11 is 1.46. The van der Waals surface area contributed by atoms with Crippen LogP contribution in [-0.4, -0.2) is 23.7 Å². The van der Waals surface area contributed by atoms with Crippen LogP contribution >= 0.6 is 11.8 Å². The number of nitrogens with one attached hydrogen (secondary N) is 2. The molecular weight excluding hydrogens is 432 g/mol. The highest BCUT2D eigenvalue weighted by Gasteiger charge is 2.15. The SMILES string of the molecule is CCCCOc1ccc(NC(=O)C(C)Sc2ccc(NC(=O)c3cccc(C)c3)cc2)cc1. The van der Waals surface area contributed by atoms with Gasteiger partial charge in [0.05, 0.1) is 11.9 Å². The van der Waals surface area contributed by atoms with Crippen molar-refractivity contribution < 1.29 is 14.3 Å². The van der Waals surface area contributed by atoms with Crippen LogP contribution in [-0.2, 0) is 4.79 Å². The third-order valence-corrected chi connectivity index (χ3v) is 6.07. The second-order valence-electron chi connectivity index (χ2n) is 7.82. The second kappa shape index (κ2) is 12.1. The van der Waals surface area contributed by atoms with Crippen molar-refractivity contribution in [1.82, 2.24) is 0 Å². The first-order chi connectivity index (χ1) is 15.9. The predicted octanol–water partition coefficient (Wildman–Crippen LogP) is 6.55. The zero-order valence-corrected chi connectivity index (χ0v) is 20.1. The first-order valence-electron chi connectivity index (χ1n) is 11.1. The molecule has 1 unspecified atom stereocenters. The first kappa shape index (κ1) is 24.4. The summed E-state index contributed by atoms with van der Waals surface area (Å²) in [5, 5.41) is 5.57. The van der Waals surface area contributed by atoms with Gasteiger partial charge in [0.2, 0.25) is 5.91 Å². The van der Waals surface area contributed by atoms with Crippen molar-refractivity contribution in [1.29, 1.82) is 0 Å². The van der Waals surface area contributed by atoms with Crippen LogP contribution in [0.4, 0.5) is 11.4 Å². The standard InChI is InChI=1S/C27H30N2O3S/c1-4-5-17-32-24-13-9-22(10-14-24)28-26(30)20(3)33-25-15-11-23(12-16-25)29-27(31)21-8-6-7-19(2)18-21/h6-16,18,20H,4-5,17H2,1-3H3,(H,28,30)(H,29,31). The summed E-state index contributed by atoms with van der Waals surface area (Å²) in [5.74, 6) is 0.587. The number of benzene rings is 3. The van der Waals surface area contributed by atoms with Gasteiger partial charge in [0.25, 0.3) is 5.91 Å². The van der Waals surface area contributed by atoms with Crippen LogP contribution in [0.5, 0.6) is 5.75 Å². The van der Waals surface area contributed by atoms with E-state index >= 15 is 0 Å². The third-order valence-electron chi connectivity index (χ3n) is 4.96. The summed E-state index contributed by atoms with van der Waals surface area (Å²) in [7, 11) is 0. The average Bonchev–Trinajstić information content (AvgIpc) is 2.81. The van der Waals surface area contributed by atoms with Gasteiger partial charge in [-0.1, -0.05) is 31.0 Å². The van der Waals surface area contributed by atoms with Crippen molar-refractivity contribution in [2.24, 2.45) is 0 Å². The van der Waals surface area contributed by atoms with Gasteiger partial charge in [-0.05, 0) is 80.9 Å². The van der Waals surface area contributed by atoms with Crippen molar-refractivity contribution in [3.05, 3.63) is 83.9 Å². The molecule has 6 heteroatoms. The molecule has 3 aromatic carbocycles. The van der Waals surface area contributed by atoms with E-state index < -0.39 is 0 Å². The second-order valence-corrected chi connectivity index (χ2v) is 9.24. The van der Waals surface area contributed by atoms with Crippen molar-refractivity contribution in [2.75, 3.05) is 17.2 Å². The molecule has 0 bridgehead atoms. The number of ether oxygens (including phenoxy) is 1. The van der Waals surface area contributed by atoms with E-state index in [1.165, 1.54) is 11.8 Å². The maximum atomic E-state index is 12.6. The van der Waals surface area contributed by atoms with Gasteiger partial charge in [0, 0.05) is 21.8 Å². The fraction of sp³-hybridized carbons (Fsp3) is 0.259. The molecule has 1 atom stereocenters. The minimum atomic E-state index is -0.279. The Balaban J connectivity index is 1.49. The normalized spacial score (nSPS) is 11.5. The first-order valence-corrected chi connectivity index (χ1v) is 12.0. The van der Waals surface area contributed by atoms with Crippen molar-refractivity contribution in [3.63, 3.8) is 0 Å². The van der Waals surface area contributed by atoms with E-state index in [0.29, 0.717) is 17.9 Å². The fourth-order valence-corrected chi connectivity index (χ4v) is 3.94. The number of carbonyl (C=O) groups is 2. The zero-order chi connectivity index (χ0) is 23.6. The average molecular weight is 463 g/mol. The van der Waals surface area contributed by atoms with E-state index in [2.05, 4.69) is 17.6 Å². The van der Waals surface area contributed by atoms with E-state index in [4.69, 9.17) is 4.74 Å². The number of hydrogen-bond donors (Lipinski definition) is 2. The van der Waals surface area contributed by atoms with Crippen molar-refractivity contribution in [3.8, 4) is 5.75 Å². The number of hydrogen-bond acceptors (Lipinski definition) is 4. The van der Waals surface area contributed by atoms with E-state index in [9.17, 15) is 9.59 Å². The minimum Gasteiger partial charge on any atom is -0.494 e. The van der Waals surface area contributed by atoms with E-state index in [-0.39, 0.29) is 17.1 Å². The monoisotopic (exact) mass is 462 g/mol. The van der Waals surface area contributed by atoms with Gasteiger partial charge in [-0.15, -0.1) is 11.8 Å². The van der Waals surface area contributed by atoms with Gasteiger partial charge in [-0.3, -0.25) is 9.59 Å². The molecular formula is C27H30N2O3S. The van der Waals surface area contributed by atoms with Gasteiger partial charge < -0.3 is 15.4 Å². The molecule has 0 spiro atoms. The molecule has 0 radical (unpaired) electrons. The zero-order valence-electron chi connectivity index (χ0n) is 19.3. The third kappa shape index (κ3) is 7.68. The molecule has 33 heavy (non-hydrogen) atoms. The van der Waals surface area contributed by atoms with Crippen LogP contribution in [0.3, 0.4) is 0 Å². The van der Waals surface area contributed by atoms with Crippen LogP contribution in [0.2, 0.25) is 0 Å². The molecule has 0 heterocycles. The highest BCUT2D eigenvalue weighted by Crippen LogP contribution is 2.26. The molecule has 0 saturated heterocycles. The Bertz CT molecular complexity index is 1070. The summed E-state index contributed by atoms with van der Waals surface area (Å²) < 4.78 is 5.65. The lowest BCUT2D eigenvalue weighted by Crippen LogP contribution is -2.22. The molecule has 2 N–H and O–H groups in total. The predicted molar refractivity (Wildman–Crippen MR) is 136 cm³/mol. The number of anilines is 2. The van der Waals surface area contributed by atoms with Crippen LogP contribution in [0.15, 0.2) is 77.7 Å². The Hall–Kier alpha value is -3.25. The summed E-state index contributed by atoms with van der Waals surface area (Å²) in [6.07, 6.45) is 2.11. The van der Waals surface area contributed by atoms with Gasteiger partial charge in [-0.2, -0.15) is 0 Å².